The summed E-state index contributed by atoms with van der Waals surface area (Å²) < 4.78 is 33.6. The van der Waals surface area contributed by atoms with Crippen LogP contribution in [0.2, 0.25) is 0 Å². The smallest absolute Gasteiger partial charge is 0.342 e. The minimum absolute atomic E-state index is 0.0563. The van der Waals surface area contributed by atoms with Crippen LogP contribution in [0.4, 0.5) is 0 Å². The molecule has 2 fully saturated rings. The van der Waals surface area contributed by atoms with Crippen molar-refractivity contribution in [2.24, 2.45) is 5.41 Å². The van der Waals surface area contributed by atoms with Crippen molar-refractivity contribution in [2.75, 3.05) is 20.4 Å². The zero-order valence-corrected chi connectivity index (χ0v) is 26.5. The van der Waals surface area contributed by atoms with Crippen molar-refractivity contribution in [3.8, 4) is 11.5 Å². The summed E-state index contributed by atoms with van der Waals surface area (Å²) in [6.45, 7) is 10.1. The maximum atomic E-state index is 13.8. The Bertz CT molecular complexity index is 1350. The molecule has 2 aliphatic heterocycles. The molecule has 1 aliphatic carbocycles. The minimum atomic E-state index is -2.48. The second kappa shape index (κ2) is 13.3. The zero-order valence-electron chi connectivity index (χ0n) is 26.5. The number of hydrogen-bond donors (Lipinski definition) is 2. The number of rotatable bonds is 11. The van der Waals surface area contributed by atoms with Crippen LogP contribution in [0.15, 0.2) is 11.6 Å². The number of ether oxygens (including phenoxy) is 6. The average Bonchev–Trinajstić information content (AvgIpc) is 3.59. The molecule has 1 saturated heterocycles. The van der Waals surface area contributed by atoms with Crippen molar-refractivity contribution in [2.45, 2.75) is 104 Å². The summed E-state index contributed by atoms with van der Waals surface area (Å²) in [5.41, 5.74) is -2.49. The first-order chi connectivity index (χ1) is 20.7. The number of cyclic esters (lactones) is 1. The number of amides is 1. The molecule has 1 aromatic carbocycles. The average molecular weight is 618 g/mol. The summed E-state index contributed by atoms with van der Waals surface area (Å²) >= 11 is 0. The van der Waals surface area contributed by atoms with Crippen LogP contribution in [0.25, 0.3) is 0 Å². The highest BCUT2D eigenvalue weighted by Gasteiger charge is 2.47. The van der Waals surface area contributed by atoms with Crippen LogP contribution in [0.1, 0.15) is 93.8 Å². The Morgan fingerprint density at radius 3 is 2.52 bits per heavy atom. The van der Waals surface area contributed by atoms with Gasteiger partial charge in [0.2, 0.25) is 0 Å². The van der Waals surface area contributed by atoms with Gasteiger partial charge in [-0.15, -0.1) is 0 Å². The Kier molecular flexibility index (Phi) is 10.1. The van der Waals surface area contributed by atoms with E-state index in [9.17, 15) is 24.3 Å². The molecule has 1 amide bonds. The van der Waals surface area contributed by atoms with Crippen LogP contribution >= 0.6 is 0 Å². The van der Waals surface area contributed by atoms with Crippen molar-refractivity contribution in [1.82, 2.24) is 5.32 Å². The summed E-state index contributed by atoms with van der Waals surface area (Å²) in [6.07, 6.45) is 3.49. The lowest BCUT2D eigenvalue weighted by molar-refractivity contribution is -0.168. The highest BCUT2D eigenvalue weighted by Crippen LogP contribution is 2.48. The van der Waals surface area contributed by atoms with Gasteiger partial charge >= 0.3 is 17.9 Å². The van der Waals surface area contributed by atoms with Crippen LogP contribution in [0.3, 0.4) is 0 Å². The first-order valence-corrected chi connectivity index (χ1v) is 15.0. The van der Waals surface area contributed by atoms with E-state index in [1.54, 1.807) is 27.7 Å². The van der Waals surface area contributed by atoms with E-state index in [0.29, 0.717) is 29.5 Å². The molecule has 12 heteroatoms. The summed E-state index contributed by atoms with van der Waals surface area (Å²) in [7, 11) is 1.35. The van der Waals surface area contributed by atoms with Crippen LogP contribution in [-0.2, 0) is 45.5 Å². The summed E-state index contributed by atoms with van der Waals surface area (Å²) in [5.74, 6) is -3.09. The van der Waals surface area contributed by atoms with Gasteiger partial charge in [-0.25, -0.2) is 4.79 Å². The van der Waals surface area contributed by atoms with Gasteiger partial charge in [0.25, 0.3) is 5.91 Å². The Morgan fingerprint density at radius 1 is 1.14 bits per heavy atom. The third-order valence-electron chi connectivity index (χ3n) is 8.28. The summed E-state index contributed by atoms with van der Waals surface area (Å²) in [5, 5.41) is 15.0. The van der Waals surface area contributed by atoms with Crippen molar-refractivity contribution in [1.29, 1.82) is 0 Å². The van der Waals surface area contributed by atoms with E-state index in [1.165, 1.54) is 13.2 Å². The molecule has 2 N–H and O–H groups in total. The van der Waals surface area contributed by atoms with Gasteiger partial charge in [-0.2, -0.15) is 0 Å². The van der Waals surface area contributed by atoms with Crippen molar-refractivity contribution < 1.29 is 52.7 Å². The Balaban J connectivity index is 1.76. The second-order valence-electron chi connectivity index (χ2n) is 12.3. The topological polar surface area (TPSA) is 156 Å². The highest BCUT2D eigenvalue weighted by molar-refractivity contribution is 6.01. The first-order valence-electron chi connectivity index (χ1n) is 15.0. The van der Waals surface area contributed by atoms with Gasteiger partial charge < -0.3 is 38.8 Å². The fraction of sp³-hybridized carbons (Fsp3) is 0.625. The van der Waals surface area contributed by atoms with Crippen molar-refractivity contribution >= 4 is 23.8 Å². The van der Waals surface area contributed by atoms with E-state index in [-0.39, 0.29) is 61.2 Å². The molecule has 12 nitrogen and oxygen atoms in total. The van der Waals surface area contributed by atoms with Crippen LogP contribution in [0, 0.1) is 12.3 Å². The molecule has 0 spiro atoms. The number of benzene rings is 1. The van der Waals surface area contributed by atoms with Gasteiger partial charge in [0.05, 0.1) is 24.2 Å². The minimum Gasteiger partial charge on any atom is -0.496 e. The van der Waals surface area contributed by atoms with E-state index in [0.717, 1.165) is 19.8 Å². The Labute approximate surface area is 257 Å². The molecule has 2 heterocycles. The third kappa shape index (κ3) is 6.47. The van der Waals surface area contributed by atoms with E-state index in [4.69, 9.17) is 28.4 Å². The molecule has 3 aliphatic rings. The predicted molar refractivity (Wildman–Crippen MR) is 156 cm³/mol. The number of carbonyl (C=O) groups is 4. The molecular formula is C32H43NO11. The van der Waals surface area contributed by atoms with Gasteiger partial charge in [-0.05, 0) is 71.4 Å². The molecule has 0 aromatic heterocycles. The lowest BCUT2D eigenvalue weighted by atomic mass is 9.81. The van der Waals surface area contributed by atoms with E-state index >= 15 is 0 Å². The normalized spacial score (nSPS) is 22.8. The SMILES string of the molecule is CCCNC(=O)C(O)(C=C(C)CC(C)(C)C(=O)OC1CCCC2OCOC21)c1c(OC)c(C)c2c(c1OC(C)=O)C(=O)OC2. The van der Waals surface area contributed by atoms with Crippen LogP contribution in [0.5, 0.6) is 11.5 Å². The molecule has 44 heavy (non-hydrogen) atoms. The van der Waals surface area contributed by atoms with Gasteiger partial charge in [-0.1, -0.05) is 12.5 Å². The van der Waals surface area contributed by atoms with E-state index in [2.05, 4.69) is 5.32 Å². The zero-order chi connectivity index (χ0) is 32.4. The number of hydrogen-bond acceptors (Lipinski definition) is 11. The number of aliphatic hydroxyl groups is 1. The summed E-state index contributed by atoms with van der Waals surface area (Å²) in [4.78, 5) is 52.3. The molecular weight excluding hydrogens is 574 g/mol. The number of carbonyl (C=O) groups excluding carboxylic acids is 4. The van der Waals surface area contributed by atoms with Crippen molar-refractivity contribution in [3.05, 3.63) is 33.9 Å². The number of nitrogens with one attached hydrogen (secondary N) is 1. The number of allylic oxidation sites excluding steroid dienone is 1. The van der Waals surface area contributed by atoms with Crippen molar-refractivity contribution in [3.63, 3.8) is 0 Å². The van der Waals surface area contributed by atoms with Crippen LogP contribution < -0.4 is 14.8 Å². The lowest BCUT2D eigenvalue weighted by Crippen LogP contribution is -2.45. The monoisotopic (exact) mass is 617 g/mol. The van der Waals surface area contributed by atoms with E-state index in [1.807, 2.05) is 6.92 Å². The summed E-state index contributed by atoms with van der Waals surface area (Å²) in [6, 6.07) is 0. The third-order valence-corrected chi connectivity index (χ3v) is 8.28. The van der Waals surface area contributed by atoms with Gasteiger partial charge in [0.1, 0.15) is 36.9 Å². The number of fused-ring (bicyclic) bond motifs is 2. The maximum Gasteiger partial charge on any atom is 0.342 e. The Hall–Kier alpha value is -3.48. The molecule has 4 atom stereocenters. The standard InChI is InChI=1S/C32H43NO11/c1-8-12-33-29(36)32(38,24-25(39-7)18(3)20-15-40-28(35)23(20)27(24)43-19(4)34)14-17(2)13-31(5,6)30(37)44-22-11-9-10-21-26(22)42-16-41-21/h14,21-22,26,38H,8-13,15-16H2,1-7H3,(H,33,36). The van der Waals surface area contributed by atoms with Gasteiger partial charge in [0, 0.05) is 19.0 Å². The fourth-order valence-electron chi connectivity index (χ4n) is 6.24. The van der Waals surface area contributed by atoms with Gasteiger partial charge in [0.15, 0.2) is 11.4 Å². The fourth-order valence-corrected chi connectivity index (χ4v) is 6.24. The molecule has 0 radical (unpaired) electrons. The second-order valence-corrected chi connectivity index (χ2v) is 12.3. The predicted octanol–water partition coefficient (Wildman–Crippen LogP) is 3.51. The molecule has 4 rings (SSSR count). The first kappa shape index (κ1) is 33.4. The van der Waals surface area contributed by atoms with E-state index < -0.39 is 40.9 Å². The highest BCUT2D eigenvalue weighted by atomic mass is 16.7. The number of methoxy groups -OCH3 is 1. The Morgan fingerprint density at radius 2 is 1.86 bits per heavy atom. The molecule has 0 bridgehead atoms. The quantitative estimate of drug-likeness (QED) is 0.213. The molecule has 242 valence electrons. The molecule has 4 unspecified atom stereocenters. The van der Waals surface area contributed by atoms with Crippen LogP contribution in [-0.4, -0.2) is 67.7 Å². The van der Waals surface area contributed by atoms with Gasteiger partial charge in [-0.3, -0.25) is 14.4 Å². The lowest BCUT2D eigenvalue weighted by Gasteiger charge is -2.34. The largest absolute Gasteiger partial charge is 0.496 e. The molecule has 1 saturated carbocycles. The number of esters is 3. The maximum absolute atomic E-state index is 13.8. The molecule has 1 aromatic rings.